The maximum Gasteiger partial charge on any atom is 0.145 e. The molecule has 1 rings (SSSR count). The van der Waals surface area contributed by atoms with Crippen molar-refractivity contribution in [2.24, 2.45) is 0 Å². The third kappa shape index (κ3) is 2.95. The van der Waals surface area contributed by atoms with Crippen LogP contribution in [0.3, 0.4) is 0 Å². The summed E-state index contributed by atoms with van der Waals surface area (Å²) in [6, 6.07) is 0. The summed E-state index contributed by atoms with van der Waals surface area (Å²) in [6.07, 6.45) is 3.37. The first-order valence-corrected chi connectivity index (χ1v) is 5.00. The van der Waals surface area contributed by atoms with E-state index in [1.165, 1.54) is 0 Å². The Morgan fingerprint density at radius 3 is 2.92 bits per heavy atom. The van der Waals surface area contributed by atoms with E-state index in [1.807, 2.05) is 14.0 Å². The van der Waals surface area contributed by atoms with Crippen LogP contribution in [0.25, 0.3) is 0 Å². The molecule has 3 nitrogen and oxygen atoms in total. The van der Waals surface area contributed by atoms with Crippen LogP contribution in [0.15, 0.2) is 24.7 Å². The van der Waals surface area contributed by atoms with Crippen LogP contribution in [0.5, 0.6) is 0 Å². The molecule has 70 valence electrons. The first-order valence-electron chi connectivity index (χ1n) is 3.92. The van der Waals surface area contributed by atoms with E-state index in [-0.39, 0.29) is 0 Å². The molecule has 0 fully saturated rings. The van der Waals surface area contributed by atoms with Crippen molar-refractivity contribution in [3.05, 3.63) is 28.2 Å². The van der Waals surface area contributed by atoms with Crippen molar-refractivity contribution < 1.29 is 0 Å². The van der Waals surface area contributed by atoms with Crippen molar-refractivity contribution >= 4 is 28.4 Å². The van der Waals surface area contributed by atoms with Gasteiger partial charge in [-0.1, -0.05) is 12.2 Å². The predicted octanol–water partition coefficient (Wildman–Crippen LogP) is 2.09. The molecule has 0 unspecified atom stereocenters. The molecule has 13 heavy (non-hydrogen) atoms. The van der Waals surface area contributed by atoms with Crippen molar-refractivity contribution in [2.75, 3.05) is 18.5 Å². The van der Waals surface area contributed by atoms with Crippen LogP contribution in [-0.4, -0.2) is 23.6 Å². The smallest absolute Gasteiger partial charge is 0.145 e. The molecular weight excluding hydrogens is 277 g/mol. The van der Waals surface area contributed by atoms with Crippen molar-refractivity contribution in [3.8, 4) is 0 Å². The number of hydrogen-bond donors (Lipinski definition) is 0. The Balaban J connectivity index is 2.82. The molecule has 0 spiro atoms. The second-order valence-electron chi connectivity index (χ2n) is 3.01. The van der Waals surface area contributed by atoms with Gasteiger partial charge in [0.2, 0.25) is 0 Å². The van der Waals surface area contributed by atoms with Crippen LogP contribution in [0.4, 0.5) is 5.82 Å². The second kappa shape index (κ2) is 4.55. The van der Waals surface area contributed by atoms with E-state index < -0.39 is 0 Å². The highest BCUT2D eigenvalue weighted by atomic mass is 127. The summed E-state index contributed by atoms with van der Waals surface area (Å²) in [5, 5.41) is 0. The molecule has 1 aromatic rings. The zero-order valence-electron chi connectivity index (χ0n) is 7.79. The van der Waals surface area contributed by atoms with Crippen LogP contribution >= 0.6 is 22.6 Å². The molecule has 0 atom stereocenters. The van der Waals surface area contributed by atoms with Gasteiger partial charge in [-0.05, 0) is 29.5 Å². The minimum Gasteiger partial charge on any atom is -0.355 e. The molecule has 0 amide bonds. The highest BCUT2D eigenvalue weighted by Crippen LogP contribution is 2.16. The Labute approximate surface area is 92.0 Å². The fourth-order valence-electron chi connectivity index (χ4n) is 1.07. The monoisotopic (exact) mass is 289 g/mol. The summed E-state index contributed by atoms with van der Waals surface area (Å²) < 4.78 is 1.06. The highest BCUT2D eigenvalue weighted by Gasteiger charge is 2.05. The number of halogens is 1. The Bertz CT molecular complexity index is 311. The van der Waals surface area contributed by atoms with E-state index in [2.05, 4.69) is 44.0 Å². The van der Waals surface area contributed by atoms with E-state index in [1.54, 1.807) is 12.5 Å². The fraction of sp³-hybridized carbons (Fsp3) is 0.333. The Morgan fingerprint density at radius 1 is 1.69 bits per heavy atom. The maximum absolute atomic E-state index is 4.20. The van der Waals surface area contributed by atoms with Gasteiger partial charge in [-0.3, -0.25) is 0 Å². The van der Waals surface area contributed by atoms with Crippen molar-refractivity contribution in [1.29, 1.82) is 0 Å². The van der Waals surface area contributed by atoms with Crippen LogP contribution in [0, 0.1) is 3.57 Å². The molecular formula is C9H12IN3. The molecule has 0 aromatic carbocycles. The molecule has 0 radical (unpaired) electrons. The third-order valence-corrected chi connectivity index (χ3v) is 2.28. The molecule has 0 N–H and O–H groups in total. The Morgan fingerprint density at radius 2 is 2.38 bits per heavy atom. The Hall–Kier alpha value is -0.650. The van der Waals surface area contributed by atoms with E-state index >= 15 is 0 Å². The minimum absolute atomic E-state index is 0.826. The summed E-state index contributed by atoms with van der Waals surface area (Å²) in [6.45, 7) is 6.69. The van der Waals surface area contributed by atoms with Gasteiger partial charge in [0.1, 0.15) is 12.1 Å². The molecule has 0 saturated carbocycles. The van der Waals surface area contributed by atoms with Crippen molar-refractivity contribution in [3.63, 3.8) is 0 Å². The zero-order valence-corrected chi connectivity index (χ0v) is 9.95. The van der Waals surface area contributed by atoms with Gasteiger partial charge in [0, 0.05) is 19.8 Å². The van der Waals surface area contributed by atoms with Gasteiger partial charge < -0.3 is 4.90 Å². The molecule has 0 aliphatic rings. The highest BCUT2D eigenvalue weighted by molar-refractivity contribution is 14.1. The average Bonchev–Trinajstić information content (AvgIpc) is 2.03. The molecule has 0 bridgehead atoms. The van der Waals surface area contributed by atoms with Gasteiger partial charge in [-0.25, -0.2) is 9.97 Å². The van der Waals surface area contributed by atoms with E-state index in [0.717, 1.165) is 21.5 Å². The second-order valence-corrected chi connectivity index (χ2v) is 4.17. The predicted molar refractivity (Wildman–Crippen MR) is 62.8 cm³/mol. The van der Waals surface area contributed by atoms with Crippen molar-refractivity contribution in [1.82, 2.24) is 9.97 Å². The standard InChI is InChI=1S/C9H12IN3/c1-7(2)5-13(3)9-8(10)4-11-6-12-9/h4,6H,1,5H2,2-3H3. The summed E-state index contributed by atoms with van der Waals surface area (Å²) >= 11 is 2.23. The third-order valence-electron chi connectivity index (χ3n) is 1.52. The SMILES string of the molecule is C=C(C)CN(C)c1ncncc1I. The van der Waals surface area contributed by atoms with Gasteiger partial charge in [0.05, 0.1) is 3.57 Å². The number of likely N-dealkylation sites (N-methyl/N-ethyl adjacent to an activating group) is 1. The number of aromatic nitrogens is 2. The molecule has 4 heteroatoms. The topological polar surface area (TPSA) is 29.0 Å². The van der Waals surface area contributed by atoms with Gasteiger partial charge >= 0.3 is 0 Å². The van der Waals surface area contributed by atoms with Crippen LogP contribution < -0.4 is 4.90 Å². The summed E-state index contributed by atoms with van der Waals surface area (Å²) in [5.41, 5.74) is 1.12. The van der Waals surface area contributed by atoms with E-state index in [9.17, 15) is 0 Å². The fourth-order valence-corrected chi connectivity index (χ4v) is 1.78. The Kier molecular flexibility index (Phi) is 3.65. The van der Waals surface area contributed by atoms with Crippen LogP contribution in [0.2, 0.25) is 0 Å². The lowest BCUT2D eigenvalue weighted by Gasteiger charge is -2.18. The molecule has 0 saturated heterocycles. The van der Waals surface area contributed by atoms with Gasteiger partial charge in [-0.15, -0.1) is 0 Å². The summed E-state index contributed by atoms with van der Waals surface area (Å²) in [4.78, 5) is 10.2. The maximum atomic E-state index is 4.20. The average molecular weight is 289 g/mol. The lowest BCUT2D eigenvalue weighted by atomic mass is 10.3. The quantitative estimate of drug-likeness (QED) is 0.630. The summed E-state index contributed by atoms with van der Waals surface area (Å²) in [7, 11) is 2.00. The molecule has 1 aromatic heterocycles. The van der Waals surface area contributed by atoms with Crippen molar-refractivity contribution in [2.45, 2.75) is 6.92 Å². The number of anilines is 1. The van der Waals surface area contributed by atoms with Gasteiger partial charge in [0.25, 0.3) is 0 Å². The van der Waals surface area contributed by atoms with Gasteiger partial charge in [0.15, 0.2) is 0 Å². The number of hydrogen-bond acceptors (Lipinski definition) is 3. The lowest BCUT2D eigenvalue weighted by Crippen LogP contribution is -2.21. The van der Waals surface area contributed by atoms with Gasteiger partial charge in [-0.2, -0.15) is 0 Å². The number of nitrogens with zero attached hydrogens (tertiary/aromatic N) is 3. The molecule has 0 aliphatic carbocycles. The minimum atomic E-state index is 0.826. The molecule has 1 heterocycles. The van der Waals surface area contributed by atoms with Crippen LogP contribution in [0.1, 0.15) is 6.92 Å². The van der Waals surface area contributed by atoms with E-state index in [0.29, 0.717) is 0 Å². The largest absolute Gasteiger partial charge is 0.355 e. The normalized spacial score (nSPS) is 9.77. The first kappa shape index (κ1) is 10.4. The van der Waals surface area contributed by atoms with E-state index in [4.69, 9.17) is 0 Å². The lowest BCUT2D eigenvalue weighted by molar-refractivity contribution is 0.936. The first-order chi connectivity index (χ1) is 6.11. The number of rotatable bonds is 3. The van der Waals surface area contributed by atoms with Crippen LogP contribution in [-0.2, 0) is 0 Å². The summed E-state index contributed by atoms with van der Waals surface area (Å²) in [5.74, 6) is 0.957. The molecule has 0 aliphatic heterocycles. The zero-order chi connectivity index (χ0) is 9.84.